The Kier molecular flexibility index (Phi) is 9.05. The highest BCUT2D eigenvalue weighted by atomic mass is 32.2. The summed E-state index contributed by atoms with van der Waals surface area (Å²) < 4.78 is 22.9. The molecule has 24 heavy (non-hydrogen) atoms. The number of guanidine groups is 1. The van der Waals surface area contributed by atoms with E-state index in [4.69, 9.17) is 0 Å². The van der Waals surface area contributed by atoms with Crippen LogP contribution < -0.4 is 10.6 Å². The standard InChI is InChI=1S/C17H36N4O2S/c1-5-6-7-8-17(2,3)15-20-16(18-4)19-9-10-21-11-13-24(22,23)14-12-21/h5-15H2,1-4H3,(H2,18,19,20). The molecule has 6 nitrogen and oxygen atoms in total. The van der Waals surface area contributed by atoms with Gasteiger partial charge in [0.1, 0.15) is 0 Å². The van der Waals surface area contributed by atoms with E-state index in [0.717, 1.165) is 25.6 Å². The van der Waals surface area contributed by atoms with Gasteiger partial charge in [0.2, 0.25) is 0 Å². The molecule has 0 aromatic carbocycles. The van der Waals surface area contributed by atoms with Crippen LogP contribution in [0.5, 0.6) is 0 Å². The van der Waals surface area contributed by atoms with Crippen LogP contribution in [-0.4, -0.2) is 70.6 Å². The van der Waals surface area contributed by atoms with E-state index in [2.05, 4.69) is 41.3 Å². The second kappa shape index (κ2) is 10.2. The SMILES string of the molecule is CCCCCC(C)(C)CNC(=NC)NCCN1CCS(=O)(=O)CC1. The Morgan fingerprint density at radius 1 is 1.17 bits per heavy atom. The quantitative estimate of drug-likeness (QED) is 0.370. The number of sulfone groups is 1. The van der Waals surface area contributed by atoms with Crippen molar-refractivity contribution in [1.82, 2.24) is 15.5 Å². The van der Waals surface area contributed by atoms with Gasteiger partial charge in [-0.25, -0.2) is 8.42 Å². The monoisotopic (exact) mass is 360 g/mol. The second-order valence-corrected chi connectivity index (χ2v) is 9.77. The average molecular weight is 361 g/mol. The van der Waals surface area contributed by atoms with E-state index in [-0.39, 0.29) is 16.9 Å². The molecule has 1 fully saturated rings. The van der Waals surface area contributed by atoms with Gasteiger partial charge in [-0.3, -0.25) is 9.89 Å². The molecule has 0 bridgehead atoms. The van der Waals surface area contributed by atoms with E-state index in [1.165, 1.54) is 25.7 Å². The topological polar surface area (TPSA) is 73.8 Å². The average Bonchev–Trinajstić information content (AvgIpc) is 2.52. The van der Waals surface area contributed by atoms with Crippen LogP contribution in [0, 0.1) is 5.41 Å². The Bertz CT molecular complexity index is 475. The summed E-state index contributed by atoms with van der Waals surface area (Å²) in [6.45, 7) is 10.6. The molecule has 0 unspecified atom stereocenters. The minimum atomic E-state index is -2.79. The largest absolute Gasteiger partial charge is 0.356 e. The third-order valence-electron chi connectivity index (χ3n) is 4.57. The summed E-state index contributed by atoms with van der Waals surface area (Å²) in [5.74, 6) is 1.39. The summed E-state index contributed by atoms with van der Waals surface area (Å²) in [5, 5.41) is 6.74. The molecule has 0 aromatic rings. The first-order valence-corrected chi connectivity index (χ1v) is 11.0. The third-order valence-corrected chi connectivity index (χ3v) is 6.18. The van der Waals surface area contributed by atoms with Crippen LogP contribution in [-0.2, 0) is 9.84 Å². The van der Waals surface area contributed by atoms with Crippen molar-refractivity contribution >= 4 is 15.8 Å². The lowest BCUT2D eigenvalue weighted by Crippen LogP contribution is -2.47. The molecule has 0 amide bonds. The predicted molar refractivity (Wildman–Crippen MR) is 102 cm³/mol. The summed E-state index contributed by atoms with van der Waals surface area (Å²) in [6, 6.07) is 0. The molecule has 0 aliphatic carbocycles. The zero-order valence-corrected chi connectivity index (χ0v) is 16.7. The second-order valence-electron chi connectivity index (χ2n) is 7.47. The van der Waals surface area contributed by atoms with E-state index in [1.54, 1.807) is 7.05 Å². The molecule has 2 N–H and O–H groups in total. The molecule has 1 heterocycles. The van der Waals surface area contributed by atoms with Gasteiger partial charge >= 0.3 is 0 Å². The highest BCUT2D eigenvalue weighted by molar-refractivity contribution is 7.91. The van der Waals surface area contributed by atoms with Crippen LogP contribution in [0.15, 0.2) is 4.99 Å². The first kappa shape index (κ1) is 21.2. The zero-order valence-electron chi connectivity index (χ0n) is 15.9. The minimum Gasteiger partial charge on any atom is -0.356 e. The smallest absolute Gasteiger partial charge is 0.191 e. The number of nitrogens with one attached hydrogen (secondary N) is 2. The van der Waals surface area contributed by atoms with Gasteiger partial charge in [-0.2, -0.15) is 0 Å². The van der Waals surface area contributed by atoms with E-state index >= 15 is 0 Å². The van der Waals surface area contributed by atoms with Crippen LogP contribution in [0.25, 0.3) is 0 Å². The van der Waals surface area contributed by atoms with Crippen LogP contribution in [0.1, 0.15) is 46.5 Å². The first-order chi connectivity index (χ1) is 11.3. The van der Waals surface area contributed by atoms with Crippen molar-refractivity contribution in [3.05, 3.63) is 0 Å². The summed E-state index contributed by atoms with van der Waals surface area (Å²) in [4.78, 5) is 6.46. The van der Waals surface area contributed by atoms with Gasteiger partial charge in [0.05, 0.1) is 11.5 Å². The third kappa shape index (κ3) is 8.87. The van der Waals surface area contributed by atoms with Crippen molar-refractivity contribution in [2.24, 2.45) is 10.4 Å². The Morgan fingerprint density at radius 2 is 1.83 bits per heavy atom. The summed E-state index contributed by atoms with van der Waals surface area (Å²) in [5.41, 5.74) is 0.258. The number of hydrogen-bond acceptors (Lipinski definition) is 4. The van der Waals surface area contributed by atoms with E-state index in [0.29, 0.717) is 13.1 Å². The van der Waals surface area contributed by atoms with Gasteiger partial charge in [-0.1, -0.05) is 40.0 Å². The maximum Gasteiger partial charge on any atom is 0.191 e. The van der Waals surface area contributed by atoms with Crippen LogP contribution in [0.4, 0.5) is 0 Å². The molecular weight excluding hydrogens is 324 g/mol. The van der Waals surface area contributed by atoms with E-state index < -0.39 is 9.84 Å². The fraction of sp³-hybridized carbons (Fsp3) is 0.941. The van der Waals surface area contributed by atoms with Gasteiger partial charge in [0.25, 0.3) is 0 Å². The fourth-order valence-electron chi connectivity index (χ4n) is 2.79. The van der Waals surface area contributed by atoms with Crippen LogP contribution in [0.2, 0.25) is 0 Å². The zero-order chi connectivity index (χ0) is 18.1. The van der Waals surface area contributed by atoms with Crippen molar-refractivity contribution in [3.63, 3.8) is 0 Å². The predicted octanol–water partition coefficient (Wildman–Crippen LogP) is 1.49. The normalized spacial score (nSPS) is 19.2. The molecule has 142 valence electrons. The molecule has 7 heteroatoms. The molecule has 0 radical (unpaired) electrons. The Morgan fingerprint density at radius 3 is 2.42 bits per heavy atom. The Balaban J connectivity index is 2.23. The molecule has 1 aliphatic rings. The summed E-state index contributed by atoms with van der Waals surface area (Å²) >= 11 is 0. The highest BCUT2D eigenvalue weighted by Crippen LogP contribution is 2.22. The first-order valence-electron chi connectivity index (χ1n) is 9.15. The number of aliphatic imine (C=N–C) groups is 1. The van der Waals surface area contributed by atoms with Crippen molar-refractivity contribution in [2.75, 3.05) is 51.3 Å². The van der Waals surface area contributed by atoms with E-state index in [9.17, 15) is 8.42 Å². The molecule has 1 saturated heterocycles. The molecule has 0 atom stereocenters. The molecule has 1 aliphatic heterocycles. The van der Waals surface area contributed by atoms with Crippen molar-refractivity contribution in [3.8, 4) is 0 Å². The fourth-order valence-corrected chi connectivity index (χ4v) is 4.07. The number of rotatable bonds is 9. The maximum absolute atomic E-state index is 11.4. The minimum absolute atomic E-state index is 0.258. The molecule has 0 saturated carbocycles. The van der Waals surface area contributed by atoms with Gasteiger partial charge in [-0.15, -0.1) is 0 Å². The van der Waals surface area contributed by atoms with Gasteiger partial charge in [-0.05, 0) is 11.8 Å². The van der Waals surface area contributed by atoms with Gasteiger partial charge < -0.3 is 10.6 Å². The molecular formula is C17H36N4O2S. The van der Waals surface area contributed by atoms with Crippen molar-refractivity contribution < 1.29 is 8.42 Å². The lowest BCUT2D eigenvalue weighted by molar-refractivity contribution is 0.298. The maximum atomic E-state index is 11.4. The van der Waals surface area contributed by atoms with Gasteiger partial charge in [0, 0.05) is 39.8 Å². The van der Waals surface area contributed by atoms with Crippen molar-refractivity contribution in [1.29, 1.82) is 0 Å². The van der Waals surface area contributed by atoms with Crippen LogP contribution >= 0.6 is 0 Å². The summed E-state index contributed by atoms with van der Waals surface area (Å²) in [7, 11) is -1.01. The number of hydrogen-bond donors (Lipinski definition) is 2. The molecule has 0 aromatic heterocycles. The van der Waals surface area contributed by atoms with Gasteiger partial charge in [0.15, 0.2) is 15.8 Å². The Hall–Kier alpha value is -0.820. The molecule has 1 rings (SSSR count). The highest BCUT2D eigenvalue weighted by Gasteiger charge is 2.21. The van der Waals surface area contributed by atoms with E-state index in [1.807, 2.05) is 0 Å². The summed E-state index contributed by atoms with van der Waals surface area (Å²) in [6.07, 6.45) is 5.04. The van der Waals surface area contributed by atoms with Crippen LogP contribution in [0.3, 0.4) is 0 Å². The lowest BCUT2D eigenvalue weighted by Gasteiger charge is -2.28. The number of unbranched alkanes of at least 4 members (excludes halogenated alkanes) is 2. The lowest BCUT2D eigenvalue weighted by atomic mass is 9.87. The van der Waals surface area contributed by atoms with Crippen molar-refractivity contribution in [2.45, 2.75) is 46.5 Å². The number of nitrogens with zero attached hydrogens (tertiary/aromatic N) is 2. The molecule has 0 spiro atoms. The Labute approximate surface area is 148 Å².